The van der Waals surface area contributed by atoms with Gasteiger partial charge in [-0.15, -0.1) is 0 Å². The van der Waals surface area contributed by atoms with Crippen LogP contribution in [0.2, 0.25) is 0 Å². The molecule has 1 fully saturated rings. The standard InChI is InChI=1S/C24H33N5O3.H2/c1-4-13-29-14-11-24(16-25,12-15-29)28-22(30)19(10-9-17(2)3)26-21-18-7-5-6-8-20(18)32-23(31)27-21;/h5-8,17,19H,4,9-15H2,1-3H3,(H,28,30)(H,26,27,31);1H/t19-;/m0./s1. The Hall–Kier alpha value is -2.92. The average Bonchev–Trinajstić information content (AvgIpc) is 2.77. The van der Waals surface area contributed by atoms with Crippen LogP contribution in [0.25, 0.3) is 11.0 Å². The van der Waals surface area contributed by atoms with E-state index in [-0.39, 0.29) is 7.33 Å². The lowest BCUT2D eigenvalue weighted by Gasteiger charge is -2.38. The Labute approximate surface area is 190 Å². The fourth-order valence-electron chi connectivity index (χ4n) is 4.13. The smallest absolute Gasteiger partial charge is 0.408 e. The average molecular weight is 442 g/mol. The zero-order chi connectivity index (χ0) is 23.1. The van der Waals surface area contributed by atoms with Crippen LogP contribution in [0.15, 0.2) is 33.5 Å². The van der Waals surface area contributed by atoms with Crippen LogP contribution in [-0.2, 0) is 4.79 Å². The molecule has 0 aliphatic carbocycles. The van der Waals surface area contributed by atoms with Crippen molar-refractivity contribution in [1.82, 2.24) is 15.2 Å². The van der Waals surface area contributed by atoms with Crippen molar-refractivity contribution in [3.8, 4) is 6.07 Å². The monoisotopic (exact) mass is 441 g/mol. The lowest BCUT2D eigenvalue weighted by atomic mass is 9.88. The number of nitrogens with one attached hydrogen (secondary N) is 2. The molecule has 0 unspecified atom stereocenters. The van der Waals surface area contributed by atoms with Gasteiger partial charge in [-0.25, -0.2) is 4.79 Å². The highest BCUT2D eigenvalue weighted by molar-refractivity contribution is 5.91. The van der Waals surface area contributed by atoms with Gasteiger partial charge in [0.15, 0.2) is 0 Å². The van der Waals surface area contributed by atoms with Crippen molar-refractivity contribution < 1.29 is 10.6 Å². The van der Waals surface area contributed by atoms with E-state index in [0.29, 0.717) is 42.0 Å². The highest BCUT2D eigenvalue weighted by Gasteiger charge is 2.37. The number of amides is 1. The van der Waals surface area contributed by atoms with E-state index in [2.05, 4.69) is 47.4 Å². The Kier molecular flexibility index (Phi) is 7.86. The summed E-state index contributed by atoms with van der Waals surface area (Å²) >= 11 is 0. The van der Waals surface area contributed by atoms with E-state index in [9.17, 15) is 14.9 Å². The SMILES string of the molecule is CCCN1CCC(C#N)(NC(=O)[C@H](CCC(C)C)Nc2nc(=O)oc3ccccc23)CC1.[HH]. The number of hydrogen-bond donors (Lipinski definition) is 2. The summed E-state index contributed by atoms with van der Waals surface area (Å²) in [6.45, 7) is 8.92. The number of likely N-dealkylation sites (tertiary alicyclic amines) is 1. The van der Waals surface area contributed by atoms with E-state index < -0.39 is 17.3 Å². The molecule has 2 heterocycles. The molecule has 32 heavy (non-hydrogen) atoms. The Balaban J connectivity index is 0.00000385. The van der Waals surface area contributed by atoms with Crippen molar-refractivity contribution in [3.63, 3.8) is 0 Å². The zero-order valence-electron chi connectivity index (χ0n) is 19.2. The molecular formula is C24H35N5O3. The van der Waals surface area contributed by atoms with E-state index in [1.165, 1.54) is 0 Å². The predicted molar refractivity (Wildman–Crippen MR) is 126 cm³/mol. The van der Waals surface area contributed by atoms with Crippen molar-refractivity contribution in [2.75, 3.05) is 25.0 Å². The fraction of sp³-hybridized carbons (Fsp3) is 0.583. The van der Waals surface area contributed by atoms with Crippen molar-refractivity contribution >= 4 is 22.7 Å². The first-order chi connectivity index (χ1) is 15.4. The Morgan fingerprint density at radius 3 is 2.69 bits per heavy atom. The van der Waals surface area contributed by atoms with E-state index in [1.54, 1.807) is 18.2 Å². The summed E-state index contributed by atoms with van der Waals surface area (Å²) in [6, 6.07) is 8.85. The maximum atomic E-state index is 13.4. The van der Waals surface area contributed by atoms with Gasteiger partial charge < -0.3 is 20.0 Å². The van der Waals surface area contributed by atoms with Gasteiger partial charge in [-0.05, 0) is 56.7 Å². The van der Waals surface area contributed by atoms with Gasteiger partial charge in [0.1, 0.15) is 23.0 Å². The minimum Gasteiger partial charge on any atom is -0.408 e. The molecule has 1 amide bonds. The van der Waals surface area contributed by atoms with Gasteiger partial charge in [0.25, 0.3) is 0 Å². The number of benzene rings is 1. The molecule has 174 valence electrons. The molecule has 0 spiro atoms. The summed E-state index contributed by atoms with van der Waals surface area (Å²) in [5, 5.41) is 16.7. The number of piperidine rings is 1. The summed E-state index contributed by atoms with van der Waals surface area (Å²) in [6.07, 6.45) is 3.64. The number of aromatic nitrogens is 1. The number of nitriles is 1. The Bertz CT molecular complexity index is 1020. The van der Waals surface area contributed by atoms with E-state index in [4.69, 9.17) is 4.42 Å². The molecule has 1 aromatic carbocycles. The van der Waals surface area contributed by atoms with Crippen LogP contribution >= 0.6 is 0 Å². The van der Waals surface area contributed by atoms with E-state index >= 15 is 0 Å². The third-order valence-corrected chi connectivity index (χ3v) is 6.03. The van der Waals surface area contributed by atoms with E-state index in [0.717, 1.165) is 32.5 Å². The van der Waals surface area contributed by atoms with Crippen LogP contribution in [0.4, 0.5) is 5.82 Å². The molecule has 8 heteroatoms. The first-order valence-corrected chi connectivity index (χ1v) is 11.5. The number of nitrogens with zero attached hydrogens (tertiary/aromatic N) is 3. The highest BCUT2D eigenvalue weighted by atomic mass is 16.4. The molecule has 0 saturated carbocycles. The lowest BCUT2D eigenvalue weighted by Crippen LogP contribution is -2.57. The minimum atomic E-state index is -0.871. The van der Waals surface area contributed by atoms with Crippen LogP contribution in [-0.4, -0.2) is 47.0 Å². The molecule has 1 atom stereocenters. The van der Waals surface area contributed by atoms with Crippen LogP contribution in [0.5, 0.6) is 0 Å². The van der Waals surface area contributed by atoms with Crippen LogP contribution in [0.3, 0.4) is 0 Å². The fourth-order valence-corrected chi connectivity index (χ4v) is 4.13. The van der Waals surface area contributed by atoms with Crippen molar-refractivity contribution in [2.45, 2.75) is 64.5 Å². The minimum absolute atomic E-state index is 0. The number of hydrogen-bond acceptors (Lipinski definition) is 7. The zero-order valence-corrected chi connectivity index (χ0v) is 19.2. The number of para-hydroxylation sites is 1. The van der Waals surface area contributed by atoms with Crippen LogP contribution in [0.1, 0.15) is 54.3 Å². The molecule has 2 aromatic rings. The van der Waals surface area contributed by atoms with Crippen molar-refractivity contribution in [2.24, 2.45) is 5.92 Å². The Morgan fingerprint density at radius 1 is 1.31 bits per heavy atom. The summed E-state index contributed by atoms with van der Waals surface area (Å²) in [4.78, 5) is 31.6. The molecule has 1 aliphatic rings. The summed E-state index contributed by atoms with van der Waals surface area (Å²) in [5.74, 6) is -0.231. The molecule has 1 saturated heterocycles. The maximum absolute atomic E-state index is 13.4. The molecule has 8 nitrogen and oxygen atoms in total. The van der Waals surface area contributed by atoms with Crippen molar-refractivity contribution in [3.05, 3.63) is 34.8 Å². The van der Waals surface area contributed by atoms with Gasteiger partial charge in [-0.3, -0.25) is 4.79 Å². The molecule has 0 bridgehead atoms. The van der Waals surface area contributed by atoms with Gasteiger partial charge in [0.05, 0.1) is 11.5 Å². The third-order valence-electron chi connectivity index (χ3n) is 6.03. The molecule has 1 aliphatic heterocycles. The number of anilines is 1. The lowest BCUT2D eigenvalue weighted by molar-refractivity contribution is -0.123. The van der Waals surface area contributed by atoms with Gasteiger partial charge in [-0.2, -0.15) is 10.2 Å². The van der Waals surface area contributed by atoms with Gasteiger partial charge >= 0.3 is 5.76 Å². The second-order valence-corrected chi connectivity index (χ2v) is 9.02. The van der Waals surface area contributed by atoms with Crippen molar-refractivity contribution in [1.29, 1.82) is 5.26 Å². The predicted octanol–water partition coefficient (Wildman–Crippen LogP) is 3.54. The largest absolute Gasteiger partial charge is 0.441 e. The van der Waals surface area contributed by atoms with Gasteiger partial charge in [0, 0.05) is 14.5 Å². The highest BCUT2D eigenvalue weighted by Crippen LogP contribution is 2.24. The first kappa shape index (κ1) is 23.7. The topological polar surface area (TPSA) is 111 Å². The second-order valence-electron chi connectivity index (χ2n) is 9.02. The first-order valence-electron chi connectivity index (χ1n) is 11.5. The van der Waals surface area contributed by atoms with Gasteiger partial charge in [0.2, 0.25) is 5.91 Å². The number of carbonyl (C=O) groups excluding carboxylic acids is 1. The molecule has 1 aromatic heterocycles. The normalized spacial score (nSPS) is 17.1. The molecular weight excluding hydrogens is 406 g/mol. The maximum Gasteiger partial charge on any atom is 0.441 e. The van der Waals surface area contributed by atoms with Gasteiger partial charge in [-0.1, -0.05) is 32.9 Å². The number of rotatable bonds is 9. The Morgan fingerprint density at radius 2 is 2.03 bits per heavy atom. The quantitative estimate of drug-likeness (QED) is 0.612. The number of fused-ring (bicyclic) bond motifs is 1. The van der Waals surface area contributed by atoms with Crippen LogP contribution < -0.4 is 16.4 Å². The number of carbonyl (C=O) groups is 1. The molecule has 0 radical (unpaired) electrons. The molecule has 2 N–H and O–H groups in total. The summed E-state index contributed by atoms with van der Waals surface area (Å²) in [5.41, 5.74) is -0.459. The molecule has 3 rings (SSSR count). The summed E-state index contributed by atoms with van der Waals surface area (Å²) < 4.78 is 5.17. The second kappa shape index (κ2) is 10.6. The third kappa shape index (κ3) is 5.86. The van der Waals surface area contributed by atoms with E-state index in [1.807, 2.05) is 6.07 Å². The summed E-state index contributed by atoms with van der Waals surface area (Å²) in [7, 11) is 0. The van der Waals surface area contributed by atoms with Crippen LogP contribution in [0, 0.1) is 17.2 Å².